The van der Waals surface area contributed by atoms with E-state index < -0.39 is 0 Å². The quantitative estimate of drug-likeness (QED) is 0.798. The first-order valence-corrected chi connectivity index (χ1v) is 9.40. The molecule has 2 rings (SSSR count). The lowest BCUT2D eigenvalue weighted by molar-refractivity contribution is -0.145. The second kappa shape index (κ2) is 7.84. The number of amides is 1. The first kappa shape index (κ1) is 17.1. The maximum Gasteiger partial charge on any atom is 0.240 e. The first-order valence-electron chi connectivity index (χ1n) is 8.25. The van der Waals surface area contributed by atoms with Gasteiger partial charge < -0.3 is 9.64 Å². The Hall–Kier alpha value is -0.260. The average molecular weight is 314 g/mol. The van der Waals surface area contributed by atoms with E-state index in [2.05, 4.69) is 37.5 Å². The van der Waals surface area contributed by atoms with Gasteiger partial charge in [-0.05, 0) is 31.9 Å². The third-order valence-electron chi connectivity index (χ3n) is 4.26. The average Bonchev–Trinajstić information content (AvgIpc) is 2.65. The number of morpholine rings is 1. The summed E-state index contributed by atoms with van der Waals surface area (Å²) >= 11 is 1.97. The molecule has 3 atom stereocenters. The van der Waals surface area contributed by atoms with Crippen molar-refractivity contribution in [2.24, 2.45) is 5.92 Å². The molecule has 2 saturated heterocycles. The first-order chi connectivity index (χ1) is 9.99. The van der Waals surface area contributed by atoms with Crippen LogP contribution in [0.1, 0.15) is 34.1 Å². The molecule has 5 heteroatoms. The summed E-state index contributed by atoms with van der Waals surface area (Å²) in [5.41, 5.74) is 0. The molecule has 0 N–H and O–H groups in total. The Kier molecular flexibility index (Phi) is 6.38. The molecule has 2 heterocycles. The standard InChI is InChI=1S/C16H30N2O2S/c1-12(2)15(18-10-13(3)20-14(4)11-18)16(19)17-6-5-8-21-9-7-17/h12-15H,5-11H2,1-4H3. The fraction of sp³-hybridized carbons (Fsp3) is 0.938. The van der Waals surface area contributed by atoms with Crippen molar-refractivity contribution in [2.75, 3.05) is 37.7 Å². The summed E-state index contributed by atoms with van der Waals surface area (Å²) in [7, 11) is 0. The van der Waals surface area contributed by atoms with Gasteiger partial charge in [0.15, 0.2) is 0 Å². The lowest BCUT2D eigenvalue weighted by Gasteiger charge is -2.42. The van der Waals surface area contributed by atoms with Crippen molar-refractivity contribution < 1.29 is 9.53 Å². The minimum Gasteiger partial charge on any atom is -0.373 e. The Morgan fingerprint density at radius 2 is 1.81 bits per heavy atom. The monoisotopic (exact) mass is 314 g/mol. The summed E-state index contributed by atoms with van der Waals surface area (Å²) in [6.45, 7) is 12.1. The highest BCUT2D eigenvalue weighted by atomic mass is 32.2. The van der Waals surface area contributed by atoms with Crippen molar-refractivity contribution in [3.8, 4) is 0 Å². The van der Waals surface area contributed by atoms with Crippen LogP contribution in [-0.4, -0.2) is 71.6 Å². The smallest absolute Gasteiger partial charge is 0.240 e. The Morgan fingerprint density at radius 3 is 2.43 bits per heavy atom. The predicted octanol–water partition coefficient (Wildman–Crippen LogP) is 2.09. The van der Waals surface area contributed by atoms with Crippen LogP contribution in [0.15, 0.2) is 0 Å². The molecule has 122 valence electrons. The summed E-state index contributed by atoms with van der Waals surface area (Å²) in [5.74, 6) is 2.92. The van der Waals surface area contributed by atoms with E-state index in [0.29, 0.717) is 11.8 Å². The maximum atomic E-state index is 13.0. The van der Waals surface area contributed by atoms with Crippen molar-refractivity contribution in [1.29, 1.82) is 0 Å². The van der Waals surface area contributed by atoms with Crippen LogP contribution in [-0.2, 0) is 9.53 Å². The highest BCUT2D eigenvalue weighted by Crippen LogP contribution is 2.21. The number of nitrogens with zero attached hydrogens (tertiary/aromatic N) is 2. The lowest BCUT2D eigenvalue weighted by Crippen LogP contribution is -2.57. The number of ether oxygens (including phenoxy) is 1. The van der Waals surface area contributed by atoms with Crippen LogP contribution < -0.4 is 0 Å². The molecular formula is C16H30N2O2S. The number of carbonyl (C=O) groups excluding carboxylic acids is 1. The Labute approximate surface area is 133 Å². The second-order valence-corrected chi connectivity index (χ2v) is 7.92. The van der Waals surface area contributed by atoms with E-state index in [1.54, 1.807) is 0 Å². The fourth-order valence-corrected chi connectivity index (χ4v) is 4.35. The summed E-state index contributed by atoms with van der Waals surface area (Å²) in [6, 6.07) is 0.00176. The minimum absolute atomic E-state index is 0.00176. The lowest BCUT2D eigenvalue weighted by atomic mass is 9.99. The zero-order valence-electron chi connectivity index (χ0n) is 13.9. The van der Waals surface area contributed by atoms with E-state index in [4.69, 9.17) is 4.74 Å². The molecule has 0 aromatic heterocycles. The van der Waals surface area contributed by atoms with E-state index in [1.165, 1.54) is 5.75 Å². The van der Waals surface area contributed by atoms with Gasteiger partial charge >= 0.3 is 0 Å². The molecule has 2 fully saturated rings. The van der Waals surface area contributed by atoms with Gasteiger partial charge in [-0.2, -0.15) is 11.8 Å². The van der Waals surface area contributed by atoms with E-state index in [0.717, 1.165) is 38.4 Å². The SMILES string of the molecule is CC1CN(C(C(=O)N2CCCSCC2)C(C)C)CC(C)O1. The molecule has 0 aromatic rings. The molecule has 0 aromatic carbocycles. The van der Waals surface area contributed by atoms with Crippen LogP contribution in [0.2, 0.25) is 0 Å². The van der Waals surface area contributed by atoms with Crippen molar-refractivity contribution in [3.05, 3.63) is 0 Å². The third-order valence-corrected chi connectivity index (χ3v) is 5.31. The van der Waals surface area contributed by atoms with Gasteiger partial charge in [0.05, 0.1) is 18.2 Å². The predicted molar refractivity (Wildman–Crippen MR) is 88.7 cm³/mol. The van der Waals surface area contributed by atoms with Crippen molar-refractivity contribution >= 4 is 17.7 Å². The molecule has 0 saturated carbocycles. The van der Waals surface area contributed by atoms with E-state index in [1.807, 2.05) is 11.8 Å². The Bertz CT molecular complexity index is 333. The largest absolute Gasteiger partial charge is 0.373 e. The number of thioether (sulfide) groups is 1. The Balaban J connectivity index is 2.08. The van der Waals surface area contributed by atoms with Gasteiger partial charge in [-0.3, -0.25) is 9.69 Å². The summed E-state index contributed by atoms with van der Waals surface area (Å²) < 4.78 is 5.82. The van der Waals surface area contributed by atoms with Gasteiger partial charge in [-0.1, -0.05) is 13.8 Å². The molecule has 0 spiro atoms. The number of hydrogen-bond donors (Lipinski definition) is 0. The van der Waals surface area contributed by atoms with Crippen molar-refractivity contribution in [2.45, 2.75) is 52.4 Å². The minimum atomic E-state index is 0.00176. The second-order valence-electron chi connectivity index (χ2n) is 6.69. The van der Waals surface area contributed by atoms with Crippen LogP contribution in [0, 0.1) is 5.92 Å². The number of hydrogen-bond acceptors (Lipinski definition) is 4. The molecule has 0 radical (unpaired) electrons. The summed E-state index contributed by atoms with van der Waals surface area (Å²) in [4.78, 5) is 17.5. The highest BCUT2D eigenvalue weighted by molar-refractivity contribution is 7.99. The van der Waals surface area contributed by atoms with E-state index >= 15 is 0 Å². The topological polar surface area (TPSA) is 32.8 Å². The number of carbonyl (C=O) groups is 1. The highest BCUT2D eigenvalue weighted by Gasteiger charge is 2.36. The molecule has 0 aliphatic carbocycles. The summed E-state index contributed by atoms with van der Waals surface area (Å²) in [6.07, 6.45) is 1.54. The molecule has 1 amide bonds. The van der Waals surface area contributed by atoms with Gasteiger partial charge in [0.2, 0.25) is 5.91 Å². The summed E-state index contributed by atoms with van der Waals surface area (Å²) in [5, 5.41) is 0. The zero-order valence-corrected chi connectivity index (χ0v) is 14.7. The molecule has 3 unspecified atom stereocenters. The van der Waals surface area contributed by atoms with E-state index in [-0.39, 0.29) is 18.2 Å². The maximum absolute atomic E-state index is 13.0. The van der Waals surface area contributed by atoms with Gasteiger partial charge in [0.25, 0.3) is 0 Å². The van der Waals surface area contributed by atoms with Crippen molar-refractivity contribution in [1.82, 2.24) is 9.80 Å². The van der Waals surface area contributed by atoms with Gasteiger partial charge in [0.1, 0.15) is 0 Å². The van der Waals surface area contributed by atoms with Crippen LogP contribution in [0.25, 0.3) is 0 Å². The van der Waals surface area contributed by atoms with Gasteiger partial charge in [0, 0.05) is 31.9 Å². The normalized spacial score (nSPS) is 30.2. The zero-order chi connectivity index (χ0) is 15.4. The van der Waals surface area contributed by atoms with Crippen molar-refractivity contribution in [3.63, 3.8) is 0 Å². The van der Waals surface area contributed by atoms with E-state index in [9.17, 15) is 4.79 Å². The van der Waals surface area contributed by atoms with Gasteiger partial charge in [-0.15, -0.1) is 0 Å². The number of rotatable bonds is 3. The molecule has 4 nitrogen and oxygen atoms in total. The van der Waals surface area contributed by atoms with Gasteiger partial charge in [-0.25, -0.2) is 0 Å². The van der Waals surface area contributed by atoms with Crippen LogP contribution in [0.5, 0.6) is 0 Å². The van der Waals surface area contributed by atoms with Crippen LogP contribution in [0.3, 0.4) is 0 Å². The van der Waals surface area contributed by atoms with Crippen LogP contribution >= 0.6 is 11.8 Å². The fourth-order valence-electron chi connectivity index (χ4n) is 3.46. The van der Waals surface area contributed by atoms with Crippen LogP contribution in [0.4, 0.5) is 0 Å². The molecule has 0 bridgehead atoms. The molecule has 2 aliphatic heterocycles. The molecule has 21 heavy (non-hydrogen) atoms. The third kappa shape index (κ3) is 4.60. The Morgan fingerprint density at radius 1 is 1.14 bits per heavy atom. The molecule has 2 aliphatic rings. The molecular weight excluding hydrogens is 284 g/mol.